The smallest absolute Gasteiger partial charge is 0.346 e. The first-order valence-corrected chi connectivity index (χ1v) is 3.58. The van der Waals surface area contributed by atoms with Gasteiger partial charge in [-0.15, -0.1) is 0 Å². The van der Waals surface area contributed by atoms with Gasteiger partial charge < -0.3 is 9.84 Å². The van der Waals surface area contributed by atoms with E-state index in [4.69, 9.17) is 15.1 Å². The van der Waals surface area contributed by atoms with Gasteiger partial charge in [0.05, 0.1) is 6.10 Å². The van der Waals surface area contributed by atoms with Gasteiger partial charge in [0.15, 0.2) is 0 Å². The molecule has 0 aliphatic carbocycles. The summed E-state index contributed by atoms with van der Waals surface area (Å²) in [5, 5.41) is 16.8. The van der Waals surface area contributed by atoms with Crippen molar-refractivity contribution < 1.29 is 14.6 Å². The van der Waals surface area contributed by atoms with Gasteiger partial charge in [0, 0.05) is 6.61 Å². The molecule has 0 aromatic heterocycles. The van der Waals surface area contributed by atoms with Gasteiger partial charge in [0.1, 0.15) is 11.6 Å². The topological polar surface area (TPSA) is 70.3 Å². The molecule has 0 saturated carbocycles. The molecule has 0 rings (SSSR count). The first-order valence-electron chi connectivity index (χ1n) is 3.58. The largest absolute Gasteiger partial charge is 0.477 e. The van der Waals surface area contributed by atoms with Crippen molar-refractivity contribution in [3.8, 4) is 6.07 Å². The van der Waals surface area contributed by atoms with E-state index < -0.39 is 5.97 Å². The van der Waals surface area contributed by atoms with E-state index in [1.165, 1.54) is 6.08 Å². The maximum atomic E-state index is 10.3. The predicted octanol–water partition coefficient (Wildman–Crippen LogP) is 0.946. The van der Waals surface area contributed by atoms with Gasteiger partial charge in [-0.25, -0.2) is 4.79 Å². The number of ether oxygens (including phenoxy) is 1. The molecular formula is C8H11NO3. The Morgan fingerprint density at radius 1 is 1.83 bits per heavy atom. The third kappa shape index (κ3) is 3.74. The van der Waals surface area contributed by atoms with E-state index in [1.54, 1.807) is 19.9 Å². The van der Waals surface area contributed by atoms with Crippen LogP contribution in [0.15, 0.2) is 11.6 Å². The summed E-state index contributed by atoms with van der Waals surface area (Å²) in [6.07, 6.45) is 0.951. The number of hydrogen-bond acceptors (Lipinski definition) is 3. The number of nitrogens with zero attached hydrogens (tertiary/aromatic N) is 1. The van der Waals surface area contributed by atoms with E-state index in [1.807, 2.05) is 0 Å². The van der Waals surface area contributed by atoms with Gasteiger partial charge in [0.2, 0.25) is 0 Å². The Hall–Kier alpha value is -1.34. The molecule has 0 heterocycles. The second-order valence-corrected chi connectivity index (χ2v) is 2.16. The van der Waals surface area contributed by atoms with Crippen molar-refractivity contribution in [1.29, 1.82) is 5.26 Å². The minimum absolute atomic E-state index is 0.282. The molecule has 66 valence electrons. The quantitative estimate of drug-likeness (QED) is 0.502. The molecule has 4 heteroatoms. The Morgan fingerprint density at radius 3 is 2.75 bits per heavy atom. The van der Waals surface area contributed by atoms with Crippen molar-refractivity contribution >= 4 is 5.97 Å². The zero-order valence-corrected chi connectivity index (χ0v) is 7.07. The molecule has 0 aromatic carbocycles. The summed E-state index contributed by atoms with van der Waals surface area (Å²) in [6.45, 7) is 3.98. The molecule has 0 bridgehead atoms. The molecule has 0 amide bonds. The fourth-order valence-electron chi connectivity index (χ4n) is 0.702. The Bertz CT molecular complexity index is 227. The maximum Gasteiger partial charge on any atom is 0.346 e. The highest BCUT2D eigenvalue weighted by molar-refractivity contribution is 5.91. The first-order chi connectivity index (χ1) is 5.61. The van der Waals surface area contributed by atoms with Crippen molar-refractivity contribution in [2.24, 2.45) is 0 Å². The summed E-state index contributed by atoms with van der Waals surface area (Å²) in [5.74, 6) is -1.22. The summed E-state index contributed by atoms with van der Waals surface area (Å²) in [7, 11) is 0. The van der Waals surface area contributed by atoms with Crippen LogP contribution in [0.4, 0.5) is 0 Å². The number of rotatable bonds is 4. The molecule has 0 aromatic rings. The summed E-state index contributed by atoms with van der Waals surface area (Å²) >= 11 is 0. The molecule has 12 heavy (non-hydrogen) atoms. The van der Waals surface area contributed by atoms with Gasteiger partial charge in [-0.1, -0.05) is 0 Å². The summed E-state index contributed by atoms with van der Waals surface area (Å²) in [5.41, 5.74) is -0.282. The van der Waals surface area contributed by atoms with Crippen molar-refractivity contribution in [3.63, 3.8) is 0 Å². The average Bonchev–Trinajstić information content (AvgIpc) is 2.00. The van der Waals surface area contributed by atoms with Gasteiger partial charge in [-0.05, 0) is 19.9 Å². The molecule has 4 nitrogen and oxygen atoms in total. The fraction of sp³-hybridized carbons (Fsp3) is 0.500. The van der Waals surface area contributed by atoms with Crippen LogP contribution in [0.2, 0.25) is 0 Å². The molecule has 0 radical (unpaired) electrons. The van der Waals surface area contributed by atoms with E-state index in [2.05, 4.69) is 0 Å². The van der Waals surface area contributed by atoms with Crippen LogP contribution < -0.4 is 0 Å². The molecule has 0 aliphatic heterocycles. The summed E-state index contributed by atoms with van der Waals surface area (Å²) in [6, 6.07) is 1.57. The van der Waals surface area contributed by atoms with Crippen molar-refractivity contribution in [1.82, 2.24) is 0 Å². The van der Waals surface area contributed by atoms with Crippen LogP contribution in [0.5, 0.6) is 0 Å². The highest BCUT2D eigenvalue weighted by Gasteiger charge is 2.07. The highest BCUT2D eigenvalue weighted by Crippen LogP contribution is 1.99. The van der Waals surface area contributed by atoms with E-state index in [0.717, 1.165) is 0 Å². The molecule has 0 fully saturated rings. The number of carboxylic acid groups (broad SMARTS) is 1. The molecule has 1 unspecified atom stereocenters. The summed E-state index contributed by atoms with van der Waals surface area (Å²) < 4.78 is 5.03. The Labute approximate surface area is 71.1 Å². The monoisotopic (exact) mass is 169 g/mol. The number of nitriles is 1. The number of carbonyl (C=O) groups is 1. The summed E-state index contributed by atoms with van der Waals surface area (Å²) in [4.78, 5) is 10.3. The third-order valence-corrected chi connectivity index (χ3v) is 1.18. The SMILES string of the molecule is CCOC(C)C=C(C#N)C(=O)O. The second kappa shape index (κ2) is 5.33. The Morgan fingerprint density at radius 2 is 2.42 bits per heavy atom. The van der Waals surface area contributed by atoms with Gasteiger partial charge in [-0.3, -0.25) is 0 Å². The molecule has 1 N–H and O–H groups in total. The van der Waals surface area contributed by atoms with E-state index in [0.29, 0.717) is 6.61 Å². The van der Waals surface area contributed by atoms with Crippen molar-refractivity contribution in [2.75, 3.05) is 6.61 Å². The predicted molar refractivity (Wildman–Crippen MR) is 42.4 cm³/mol. The number of aliphatic carboxylic acids is 1. The minimum atomic E-state index is -1.22. The zero-order chi connectivity index (χ0) is 9.56. The van der Waals surface area contributed by atoms with E-state index in [-0.39, 0.29) is 11.7 Å². The maximum absolute atomic E-state index is 10.3. The number of carboxylic acids is 1. The van der Waals surface area contributed by atoms with Crippen LogP contribution in [0.3, 0.4) is 0 Å². The molecule has 0 spiro atoms. The highest BCUT2D eigenvalue weighted by atomic mass is 16.5. The Kier molecular flexibility index (Phi) is 4.73. The molecule has 1 atom stereocenters. The van der Waals surface area contributed by atoms with Gasteiger partial charge in [-0.2, -0.15) is 5.26 Å². The molecular weight excluding hydrogens is 158 g/mol. The second-order valence-electron chi connectivity index (χ2n) is 2.16. The lowest BCUT2D eigenvalue weighted by Gasteiger charge is -2.04. The van der Waals surface area contributed by atoms with Crippen LogP contribution in [0.25, 0.3) is 0 Å². The average molecular weight is 169 g/mol. The standard InChI is InChI=1S/C8H11NO3/c1-3-12-6(2)4-7(5-9)8(10)11/h4,6H,3H2,1-2H3,(H,10,11). The van der Waals surface area contributed by atoms with Crippen LogP contribution in [0, 0.1) is 11.3 Å². The Balaban J connectivity index is 4.30. The van der Waals surface area contributed by atoms with Gasteiger partial charge in [0.25, 0.3) is 0 Å². The van der Waals surface area contributed by atoms with Crippen LogP contribution in [0.1, 0.15) is 13.8 Å². The lowest BCUT2D eigenvalue weighted by atomic mass is 10.2. The first kappa shape index (κ1) is 10.7. The van der Waals surface area contributed by atoms with E-state index in [9.17, 15) is 4.79 Å². The van der Waals surface area contributed by atoms with E-state index >= 15 is 0 Å². The number of hydrogen-bond donors (Lipinski definition) is 1. The van der Waals surface area contributed by atoms with Crippen LogP contribution in [-0.4, -0.2) is 23.8 Å². The normalized spacial score (nSPS) is 13.6. The minimum Gasteiger partial charge on any atom is -0.477 e. The van der Waals surface area contributed by atoms with Crippen molar-refractivity contribution in [3.05, 3.63) is 11.6 Å². The molecule has 0 saturated heterocycles. The third-order valence-electron chi connectivity index (χ3n) is 1.18. The fourth-order valence-corrected chi connectivity index (χ4v) is 0.702. The van der Waals surface area contributed by atoms with Gasteiger partial charge >= 0.3 is 5.97 Å². The molecule has 0 aliphatic rings. The lowest BCUT2D eigenvalue weighted by molar-refractivity contribution is -0.132. The van der Waals surface area contributed by atoms with Crippen LogP contribution >= 0.6 is 0 Å². The lowest BCUT2D eigenvalue weighted by Crippen LogP contribution is -2.08. The van der Waals surface area contributed by atoms with Crippen molar-refractivity contribution in [2.45, 2.75) is 20.0 Å². The van der Waals surface area contributed by atoms with Crippen LogP contribution in [-0.2, 0) is 9.53 Å². The zero-order valence-electron chi connectivity index (χ0n) is 7.07.